The molecule has 0 aliphatic rings. The fourth-order valence-corrected chi connectivity index (χ4v) is 1.60. The highest BCUT2D eigenvalue weighted by molar-refractivity contribution is 5.75. The molecule has 0 unspecified atom stereocenters. The van der Waals surface area contributed by atoms with E-state index in [1.54, 1.807) is 0 Å². The molecular weight excluding hydrogens is 202 g/mol. The highest BCUT2D eigenvalue weighted by Gasteiger charge is 2.03. The van der Waals surface area contributed by atoms with Crippen molar-refractivity contribution in [2.24, 2.45) is 0 Å². The Morgan fingerprint density at radius 3 is 2.62 bits per heavy atom. The van der Waals surface area contributed by atoms with E-state index in [-0.39, 0.29) is 12.5 Å². The zero-order chi connectivity index (χ0) is 11.8. The lowest BCUT2D eigenvalue weighted by molar-refractivity contribution is -0.121. The summed E-state index contributed by atoms with van der Waals surface area (Å²) >= 11 is 0. The predicted octanol–water partition coefficient (Wildman–Crippen LogP) is 1.64. The number of benzene rings is 1. The summed E-state index contributed by atoms with van der Waals surface area (Å²) in [5.74, 6) is -0.0000406. The summed E-state index contributed by atoms with van der Waals surface area (Å²) in [7, 11) is 0. The van der Waals surface area contributed by atoms with E-state index in [0.29, 0.717) is 19.4 Å². The van der Waals surface area contributed by atoms with E-state index in [1.807, 2.05) is 18.2 Å². The number of hydrogen-bond donors (Lipinski definition) is 2. The number of carbonyl (C=O) groups excluding carboxylic acids is 1. The van der Waals surface area contributed by atoms with Crippen LogP contribution in [0, 0.1) is 0 Å². The largest absolute Gasteiger partial charge is 0.396 e. The van der Waals surface area contributed by atoms with Crippen molar-refractivity contribution in [1.82, 2.24) is 5.32 Å². The topological polar surface area (TPSA) is 49.3 Å². The molecule has 0 saturated heterocycles. The van der Waals surface area contributed by atoms with Crippen LogP contribution in [0.2, 0.25) is 0 Å². The smallest absolute Gasteiger partial charge is 0.220 e. The average molecular weight is 221 g/mol. The lowest BCUT2D eigenvalue weighted by atomic mass is 10.1. The fourth-order valence-electron chi connectivity index (χ4n) is 1.60. The van der Waals surface area contributed by atoms with Gasteiger partial charge in [0.05, 0.1) is 0 Å². The summed E-state index contributed by atoms with van der Waals surface area (Å²) in [6.07, 6.45) is 1.90. The molecule has 0 atom stereocenters. The first-order valence-corrected chi connectivity index (χ1v) is 5.72. The number of aliphatic hydroxyl groups excluding tert-OH is 1. The molecule has 0 radical (unpaired) electrons. The fraction of sp³-hybridized carbons (Fsp3) is 0.462. The SMILES string of the molecule is CCc1ccccc1CNC(=O)CCCO. The Labute approximate surface area is 96.5 Å². The Morgan fingerprint density at radius 2 is 2.00 bits per heavy atom. The van der Waals surface area contributed by atoms with Crippen molar-refractivity contribution in [3.63, 3.8) is 0 Å². The van der Waals surface area contributed by atoms with Gasteiger partial charge in [0.2, 0.25) is 5.91 Å². The van der Waals surface area contributed by atoms with Crippen LogP contribution < -0.4 is 5.32 Å². The third-order valence-electron chi connectivity index (χ3n) is 2.54. The Morgan fingerprint density at radius 1 is 1.31 bits per heavy atom. The highest BCUT2D eigenvalue weighted by atomic mass is 16.3. The van der Waals surface area contributed by atoms with Gasteiger partial charge in [-0.15, -0.1) is 0 Å². The van der Waals surface area contributed by atoms with Crippen molar-refractivity contribution in [3.8, 4) is 0 Å². The van der Waals surface area contributed by atoms with Crippen molar-refractivity contribution in [3.05, 3.63) is 35.4 Å². The summed E-state index contributed by atoms with van der Waals surface area (Å²) in [6, 6.07) is 8.10. The van der Waals surface area contributed by atoms with Crippen LogP contribution in [-0.4, -0.2) is 17.6 Å². The summed E-state index contributed by atoms with van der Waals surface area (Å²) < 4.78 is 0. The molecule has 1 aromatic rings. The number of aliphatic hydroxyl groups is 1. The molecule has 0 fully saturated rings. The van der Waals surface area contributed by atoms with E-state index in [1.165, 1.54) is 11.1 Å². The summed E-state index contributed by atoms with van der Waals surface area (Å²) in [5.41, 5.74) is 2.44. The second kappa shape index (κ2) is 7.01. The molecule has 3 heteroatoms. The zero-order valence-corrected chi connectivity index (χ0v) is 9.70. The second-order valence-electron chi connectivity index (χ2n) is 3.73. The third kappa shape index (κ3) is 4.03. The molecule has 1 amide bonds. The molecule has 0 aromatic heterocycles. The van der Waals surface area contributed by atoms with E-state index in [4.69, 9.17) is 5.11 Å². The Kier molecular flexibility index (Phi) is 5.57. The molecule has 0 aliphatic heterocycles. The maximum absolute atomic E-state index is 11.4. The minimum atomic E-state index is -0.0000406. The first-order valence-electron chi connectivity index (χ1n) is 5.72. The first kappa shape index (κ1) is 12.7. The monoisotopic (exact) mass is 221 g/mol. The number of amides is 1. The van der Waals surface area contributed by atoms with Crippen molar-refractivity contribution < 1.29 is 9.90 Å². The Balaban J connectivity index is 2.44. The van der Waals surface area contributed by atoms with Crippen molar-refractivity contribution in [2.45, 2.75) is 32.7 Å². The quantitative estimate of drug-likeness (QED) is 0.767. The average Bonchev–Trinajstić information content (AvgIpc) is 2.34. The zero-order valence-electron chi connectivity index (χ0n) is 9.70. The van der Waals surface area contributed by atoms with E-state index in [0.717, 1.165) is 6.42 Å². The van der Waals surface area contributed by atoms with Crippen LogP contribution in [-0.2, 0) is 17.8 Å². The first-order chi connectivity index (χ1) is 7.77. The van der Waals surface area contributed by atoms with Gasteiger partial charge < -0.3 is 10.4 Å². The van der Waals surface area contributed by atoms with E-state index in [2.05, 4.69) is 18.3 Å². The number of hydrogen-bond acceptors (Lipinski definition) is 2. The molecule has 0 aliphatic carbocycles. The summed E-state index contributed by atoms with van der Waals surface area (Å²) in [4.78, 5) is 11.4. The van der Waals surface area contributed by atoms with Crippen molar-refractivity contribution in [1.29, 1.82) is 0 Å². The lowest BCUT2D eigenvalue weighted by Gasteiger charge is -2.08. The summed E-state index contributed by atoms with van der Waals surface area (Å²) in [6.45, 7) is 2.75. The maximum Gasteiger partial charge on any atom is 0.220 e. The lowest BCUT2D eigenvalue weighted by Crippen LogP contribution is -2.23. The van der Waals surface area contributed by atoms with Gasteiger partial charge in [0.25, 0.3) is 0 Å². The van der Waals surface area contributed by atoms with E-state index < -0.39 is 0 Å². The molecule has 88 valence electrons. The van der Waals surface area contributed by atoms with Crippen LogP contribution in [0.1, 0.15) is 30.9 Å². The van der Waals surface area contributed by atoms with Crippen molar-refractivity contribution >= 4 is 5.91 Å². The number of aryl methyl sites for hydroxylation is 1. The second-order valence-corrected chi connectivity index (χ2v) is 3.73. The van der Waals surface area contributed by atoms with Gasteiger partial charge in [-0.2, -0.15) is 0 Å². The molecule has 0 heterocycles. The van der Waals surface area contributed by atoms with Crippen LogP contribution in [0.4, 0.5) is 0 Å². The third-order valence-corrected chi connectivity index (χ3v) is 2.54. The van der Waals surface area contributed by atoms with Gasteiger partial charge in [-0.1, -0.05) is 31.2 Å². The molecule has 1 rings (SSSR count). The van der Waals surface area contributed by atoms with Gasteiger partial charge in [-0.3, -0.25) is 4.79 Å². The maximum atomic E-state index is 11.4. The summed E-state index contributed by atoms with van der Waals surface area (Å²) in [5, 5.41) is 11.5. The van der Waals surface area contributed by atoms with Crippen LogP contribution >= 0.6 is 0 Å². The molecule has 3 nitrogen and oxygen atoms in total. The van der Waals surface area contributed by atoms with Crippen LogP contribution in [0.15, 0.2) is 24.3 Å². The highest BCUT2D eigenvalue weighted by Crippen LogP contribution is 2.08. The van der Waals surface area contributed by atoms with Gasteiger partial charge in [0, 0.05) is 19.6 Å². The van der Waals surface area contributed by atoms with Gasteiger partial charge in [-0.05, 0) is 24.0 Å². The van der Waals surface area contributed by atoms with Gasteiger partial charge >= 0.3 is 0 Å². The van der Waals surface area contributed by atoms with E-state index in [9.17, 15) is 4.79 Å². The minimum absolute atomic E-state index is 0.0000406. The number of nitrogens with one attached hydrogen (secondary N) is 1. The molecule has 1 aromatic carbocycles. The van der Waals surface area contributed by atoms with Crippen LogP contribution in [0.5, 0.6) is 0 Å². The number of rotatable bonds is 6. The standard InChI is InChI=1S/C13H19NO2/c1-2-11-6-3-4-7-12(11)10-14-13(16)8-5-9-15/h3-4,6-7,15H,2,5,8-10H2,1H3,(H,14,16). The molecule has 2 N–H and O–H groups in total. The van der Waals surface area contributed by atoms with E-state index >= 15 is 0 Å². The molecule has 0 bridgehead atoms. The normalized spacial score (nSPS) is 10.1. The molecule has 0 saturated carbocycles. The van der Waals surface area contributed by atoms with Gasteiger partial charge in [0.15, 0.2) is 0 Å². The van der Waals surface area contributed by atoms with Crippen molar-refractivity contribution in [2.75, 3.05) is 6.61 Å². The van der Waals surface area contributed by atoms with Gasteiger partial charge in [-0.25, -0.2) is 0 Å². The van der Waals surface area contributed by atoms with Gasteiger partial charge in [0.1, 0.15) is 0 Å². The predicted molar refractivity (Wildman–Crippen MR) is 64.0 cm³/mol. The Bertz CT molecular complexity index is 336. The molecule has 0 spiro atoms. The number of carbonyl (C=O) groups is 1. The van der Waals surface area contributed by atoms with Crippen LogP contribution in [0.3, 0.4) is 0 Å². The van der Waals surface area contributed by atoms with Crippen LogP contribution in [0.25, 0.3) is 0 Å². The minimum Gasteiger partial charge on any atom is -0.396 e. The molecule has 16 heavy (non-hydrogen) atoms. The molecular formula is C13H19NO2. The Hall–Kier alpha value is -1.35.